The molecule has 2 aromatic heterocycles. The van der Waals surface area contributed by atoms with Gasteiger partial charge >= 0.3 is 29.4 Å². The van der Waals surface area contributed by atoms with Crippen molar-refractivity contribution in [2.45, 2.75) is 97.9 Å². The Hall–Kier alpha value is -6.72. The largest absolute Gasteiger partial charge is 0.480 e. The van der Waals surface area contributed by atoms with E-state index in [1.165, 1.54) is 12.1 Å². The van der Waals surface area contributed by atoms with E-state index in [1.54, 1.807) is 78.8 Å². The first kappa shape index (κ1) is 46.4. The van der Waals surface area contributed by atoms with Crippen molar-refractivity contribution < 1.29 is 52.2 Å². The van der Waals surface area contributed by atoms with Crippen molar-refractivity contribution in [1.29, 1.82) is 0 Å². The molecule has 2 unspecified atom stereocenters. The third kappa shape index (κ3) is 16.7. The molecule has 0 radical (unpaired) electrons. The number of carbonyl (C=O) groups is 6. The first-order valence-electron chi connectivity index (χ1n) is 17.4. The number of carboxylic acids is 1. The van der Waals surface area contributed by atoms with Gasteiger partial charge in [-0.25, -0.2) is 24.0 Å². The summed E-state index contributed by atoms with van der Waals surface area (Å²) in [6.45, 7) is 13.6. The van der Waals surface area contributed by atoms with Crippen molar-refractivity contribution in [1.82, 2.24) is 10.6 Å². The molecule has 4 rings (SSSR count). The summed E-state index contributed by atoms with van der Waals surface area (Å²) in [7, 11) is 0. The fourth-order valence-electron chi connectivity index (χ4n) is 4.89. The first-order valence-corrected chi connectivity index (χ1v) is 17.4. The summed E-state index contributed by atoms with van der Waals surface area (Å²) in [6.07, 6.45) is -2.62. The average molecular weight is 796 g/mol. The molecule has 0 saturated carbocycles. The molecule has 0 spiro atoms. The van der Waals surface area contributed by atoms with Crippen LogP contribution in [0.1, 0.15) is 71.1 Å². The summed E-state index contributed by atoms with van der Waals surface area (Å²) in [5.41, 5.74) is 17.1. The van der Waals surface area contributed by atoms with E-state index in [9.17, 15) is 38.4 Å². The third-order valence-electron chi connectivity index (χ3n) is 7.25. The van der Waals surface area contributed by atoms with Gasteiger partial charge in [0.25, 0.3) is 0 Å². The Balaban J connectivity index is 0.000000326. The summed E-state index contributed by atoms with van der Waals surface area (Å²) in [6, 6.07) is 10.7. The fraction of sp³-hybridized carbons (Fsp3) is 0.385. The molecule has 18 nitrogen and oxygen atoms in total. The molecule has 2 heterocycles. The Kier molecular flexibility index (Phi) is 16.1. The van der Waals surface area contributed by atoms with E-state index in [-0.39, 0.29) is 18.5 Å². The molecule has 0 fully saturated rings. The Morgan fingerprint density at radius 3 is 1.54 bits per heavy atom. The van der Waals surface area contributed by atoms with Crippen LogP contribution in [0.5, 0.6) is 0 Å². The fourth-order valence-corrected chi connectivity index (χ4v) is 4.89. The number of carbonyl (C=O) groups excluding carboxylic acids is 5. The molecule has 4 amide bonds. The van der Waals surface area contributed by atoms with Crippen LogP contribution in [-0.2, 0) is 35.1 Å². The van der Waals surface area contributed by atoms with Crippen LogP contribution in [-0.4, -0.2) is 64.1 Å². The van der Waals surface area contributed by atoms with Crippen LogP contribution < -0.4 is 39.1 Å². The highest BCUT2D eigenvalue weighted by atomic mass is 16.6. The number of nitrogen functional groups attached to an aromatic ring is 1. The maximum Gasteiger partial charge on any atom is 0.408 e. The molecule has 0 bridgehead atoms. The molecule has 18 heteroatoms. The average Bonchev–Trinajstić information content (AvgIpc) is 3.02. The molecule has 9 N–H and O–H groups in total. The van der Waals surface area contributed by atoms with E-state index >= 15 is 0 Å². The Labute approximate surface area is 327 Å². The Morgan fingerprint density at radius 1 is 0.684 bits per heavy atom. The van der Waals surface area contributed by atoms with Crippen LogP contribution in [0.4, 0.5) is 15.3 Å². The summed E-state index contributed by atoms with van der Waals surface area (Å²) >= 11 is 0. The van der Waals surface area contributed by atoms with Crippen LogP contribution in [0.25, 0.3) is 21.9 Å². The number of anilines is 1. The van der Waals surface area contributed by atoms with Crippen molar-refractivity contribution in [2.24, 2.45) is 11.5 Å². The van der Waals surface area contributed by atoms with Gasteiger partial charge in [-0.1, -0.05) is 12.1 Å². The topological polar surface area (TPSA) is 304 Å². The van der Waals surface area contributed by atoms with Crippen LogP contribution in [0.15, 0.2) is 67.0 Å². The number of fused-ring (bicyclic) bond motifs is 2. The van der Waals surface area contributed by atoms with Crippen molar-refractivity contribution in [3.63, 3.8) is 0 Å². The van der Waals surface area contributed by atoms with Gasteiger partial charge in [0.15, 0.2) is 5.78 Å². The zero-order valence-corrected chi connectivity index (χ0v) is 33.0. The number of ketones is 1. The minimum absolute atomic E-state index is 0.0820. The Bertz CT molecular complexity index is 2250. The number of aryl methyl sites for hydroxylation is 2. The van der Waals surface area contributed by atoms with Gasteiger partial charge in [0.1, 0.15) is 28.4 Å². The highest BCUT2D eigenvalue weighted by Gasteiger charge is 2.27. The second-order valence-corrected chi connectivity index (χ2v) is 14.8. The number of alkyl carbamates (subject to hydrolysis) is 2. The maximum absolute atomic E-state index is 12.6. The normalized spacial score (nSPS) is 12.1. The van der Waals surface area contributed by atoms with Crippen LogP contribution in [0.3, 0.4) is 0 Å². The first-order chi connectivity index (χ1) is 26.2. The zero-order chi connectivity index (χ0) is 43.4. The van der Waals surface area contributed by atoms with E-state index in [1.807, 2.05) is 18.3 Å². The molecule has 2 atom stereocenters. The molecule has 0 aliphatic carbocycles. The van der Waals surface area contributed by atoms with Crippen LogP contribution in [0.2, 0.25) is 0 Å². The van der Waals surface area contributed by atoms with Crippen LogP contribution in [0, 0.1) is 13.8 Å². The van der Waals surface area contributed by atoms with E-state index in [4.69, 9.17) is 40.6 Å². The summed E-state index contributed by atoms with van der Waals surface area (Å²) in [4.78, 5) is 90.9. The smallest absolute Gasteiger partial charge is 0.408 e. The van der Waals surface area contributed by atoms with Gasteiger partial charge in [-0.2, -0.15) is 0 Å². The number of aliphatic carboxylic acids is 1. The predicted molar refractivity (Wildman–Crippen MR) is 209 cm³/mol. The van der Waals surface area contributed by atoms with Gasteiger partial charge in [-0.3, -0.25) is 14.4 Å². The molecular formula is C39H49N5O13. The van der Waals surface area contributed by atoms with Gasteiger partial charge in [-0.05, 0) is 90.3 Å². The molecule has 0 aliphatic rings. The minimum atomic E-state index is -1.37. The van der Waals surface area contributed by atoms with Gasteiger partial charge in [0.2, 0.25) is 11.8 Å². The number of benzene rings is 2. The highest BCUT2D eigenvalue weighted by molar-refractivity contribution is 5.93. The van der Waals surface area contributed by atoms with Gasteiger partial charge < -0.3 is 51.2 Å². The number of carboxylic acid groups (broad SMARTS) is 1. The van der Waals surface area contributed by atoms with E-state index in [0.29, 0.717) is 22.4 Å². The lowest BCUT2D eigenvalue weighted by Crippen LogP contribution is -2.46. The zero-order valence-electron chi connectivity index (χ0n) is 33.0. The lowest BCUT2D eigenvalue weighted by atomic mass is 9.99. The van der Waals surface area contributed by atoms with Gasteiger partial charge in [0.05, 0.1) is 18.9 Å². The van der Waals surface area contributed by atoms with E-state index in [2.05, 4.69) is 5.32 Å². The van der Waals surface area contributed by atoms with Crippen LogP contribution >= 0.6 is 0 Å². The molecule has 0 aliphatic heterocycles. The second-order valence-electron chi connectivity index (χ2n) is 14.8. The molecular weight excluding hydrogens is 746 g/mol. The number of hydrogen-bond acceptors (Lipinski definition) is 13. The van der Waals surface area contributed by atoms with Crippen molar-refractivity contribution in [3.8, 4) is 0 Å². The summed E-state index contributed by atoms with van der Waals surface area (Å²) in [5.74, 6) is -3.30. The number of rotatable bonds is 10. The van der Waals surface area contributed by atoms with Crippen molar-refractivity contribution in [2.75, 3.05) is 5.73 Å². The molecule has 4 aromatic rings. The summed E-state index contributed by atoms with van der Waals surface area (Å²) < 4.78 is 20.1. The molecule has 0 saturated heterocycles. The number of Topliss-reactive ketones (excluding diaryl/α,β-unsaturated/α-hetero) is 1. The second kappa shape index (κ2) is 19.7. The lowest BCUT2D eigenvalue weighted by molar-refractivity contribution is -0.141. The Morgan fingerprint density at radius 2 is 1.11 bits per heavy atom. The van der Waals surface area contributed by atoms with E-state index in [0.717, 1.165) is 21.9 Å². The van der Waals surface area contributed by atoms with Crippen molar-refractivity contribution in [3.05, 3.63) is 86.1 Å². The molecule has 2 aromatic carbocycles. The SMILES string of the molecule is CC(C)(C)OC(=O)NC(CC(N)=O)C(=O)O.Cc1cc(=O)oc2cc(CC(=O)C(CC(N)=O)NC(=O)OC(C)(C)C)ccc12.Cc1cc(=O)oc2cc(N)ccc12. The predicted octanol–water partition coefficient (Wildman–Crippen LogP) is 3.51. The van der Waals surface area contributed by atoms with Gasteiger partial charge in [0, 0.05) is 41.1 Å². The standard InChI is InChI=1S/C20H24N2O6.C10H9NO2.C9H16N2O5/c1-11-7-18(25)27-16-9-12(5-6-13(11)16)8-15(23)14(10-17(21)24)22-19(26)28-20(2,3)4;1-6-4-10(12)13-9-5-7(11)2-3-8(6)9;1-9(2,3)16-8(15)11-5(7(13)14)4-6(10)12/h5-7,9,14H,8,10H2,1-4H3,(H2,21,24)(H,22,26);2-5H,11H2,1H3;5H,4H2,1-3H3,(H2,10,12)(H,11,15)(H,13,14). The number of nitrogens with two attached hydrogens (primary N) is 3. The number of ether oxygens (including phenoxy) is 2. The number of nitrogens with one attached hydrogen (secondary N) is 2. The quantitative estimate of drug-likeness (QED) is 0.0989. The third-order valence-corrected chi connectivity index (χ3v) is 7.25. The lowest BCUT2D eigenvalue weighted by Gasteiger charge is -2.22. The maximum atomic E-state index is 12.6. The number of amides is 4. The minimum Gasteiger partial charge on any atom is -0.480 e. The molecule has 308 valence electrons. The highest BCUT2D eigenvalue weighted by Crippen LogP contribution is 2.20. The van der Waals surface area contributed by atoms with Crippen molar-refractivity contribution >= 4 is 63.4 Å². The number of primary amides is 2. The monoisotopic (exact) mass is 795 g/mol. The molecule has 57 heavy (non-hydrogen) atoms. The number of hydrogen-bond donors (Lipinski definition) is 6. The van der Waals surface area contributed by atoms with Gasteiger partial charge in [-0.15, -0.1) is 0 Å². The summed E-state index contributed by atoms with van der Waals surface area (Å²) in [5, 5.41) is 14.8. The van der Waals surface area contributed by atoms with E-state index < -0.39 is 71.1 Å².